The van der Waals surface area contributed by atoms with Gasteiger partial charge >= 0.3 is 5.97 Å². The molecule has 12 nitrogen and oxygen atoms in total. The van der Waals surface area contributed by atoms with E-state index >= 15 is 0 Å². The topological polar surface area (TPSA) is 150 Å². The van der Waals surface area contributed by atoms with E-state index in [0.717, 1.165) is 6.08 Å². The average molecular weight is 561 g/mol. The maximum Gasteiger partial charge on any atom is 0.330 e. The molecule has 0 radical (unpaired) electrons. The average Bonchev–Trinajstić information content (AvgIpc) is 2.85. The molecule has 14 heteroatoms. The van der Waals surface area contributed by atoms with E-state index in [2.05, 4.69) is 4.74 Å². The van der Waals surface area contributed by atoms with Crippen LogP contribution in [0.3, 0.4) is 0 Å². The lowest BCUT2D eigenvalue weighted by atomic mass is 10.1. The van der Waals surface area contributed by atoms with Crippen LogP contribution in [-0.4, -0.2) is 63.6 Å². The van der Waals surface area contributed by atoms with Gasteiger partial charge < -0.3 is 23.7 Å². The third kappa shape index (κ3) is 10.6. The zero-order chi connectivity index (χ0) is 28.0. The number of hydrogen-bond acceptors (Lipinski definition) is 10. The molecule has 0 N–H and O–H groups in total. The fraction of sp³-hybridized carbons (Fsp3) is 0.348. The van der Waals surface area contributed by atoms with E-state index in [4.69, 9.17) is 42.1 Å². The highest BCUT2D eigenvalue weighted by Gasteiger charge is 2.17. The first-order valence-electron chi connectivity index (χ1n) is 10.5. The molecule has 0 unspecified atom stereocenters. The van der Waals surface area contributed by atoms with Gasteiger partial charge in [-0.1, -0.05) is 23.2 Å². The van der Waals surface area contributed by atoms with Gasteiger partial charge in [0.2, 0.25) is 0 Å². The summed E-state index contributed by atoms with van der Waals surface area (Å²) < 4.78 is 24.8. The molecule has 37 heavy (non-hydrogen) atoms. The lowest BCUT2D eigenvalue weighted by molar-refractivity contribution is -0.385. The van der Waals surface area contributed by atoms with Crippen LogP contribution in [0.25, 0.3) is 6.08 Å². The minimum absolute atomic E-state index is 0.0101. The molecule has 0 aromatic heterocycles. The number of ether oxygens (including phenoxy) is 5. The van der Waals surface area contributed by atoms with Crippen LogP contribution in [0.2, 0.25) is 10.0 Å². The SMILES string of the molecule is COCCOc1cc(/C=C/C(=O)OC)c([N+](=O)[O-])cc1Cl.COCCOc1cc(C)c([N+](=O)[O-])cc1Cl. The second-order valence-electron chi connectivity index (χ2n) is 6.96. The summed E-state index contributed by atoms with van der Waals surface area (Å²) in [6, 6.07) is 5.39. The van der Waals surface area contributed by atoms with Crippen molar-refractivity contribution in [1.82, 2.24) is 0 Å². The predicted molar refractivity (Wildman–Crippen MR) is 137 cm³/mol. The van der Waals surface area contributed by atoms with Gasteiger partial charge in [0.15, 0.2) is 0 Å². The van der Waals surface area contributed by atoms with Crippen LogP contribution in [0.1, 0.15) is 11.1 Å². The maximum atomic E-state index is 11.1. The number of carbonyl (C=O) groups excluding carboxylic acids is 1. The van der Waals surface area contributed by atoms with Gasteiger partial charge in [-0.3, -0.25) is 20.2 Å². The summed E-state index contributed by atoms with van der Waals surface area (Å²) in [4.78, 5) is 31.6. The molecule has 202 valence electrons. The number of aryl methyl sites for hydroxylation is 1. The molecule has 0 heterocycles. The highest BCUT2D eigenvalue weighted by molar-refractivity contribution is 6.32. The Morgan fingerprint density at radius 1 is 0.838 bits per heavy atom. The molecule has 0 fully saturated rings. The van der Waals surface area contributed by atoms with Gasteiger partial charge in [-0.05, 0) is 25.1 Å². The molecule has 0 atom stereocenters. The van der Waals surface area contributed by atoms with Gasteiger partial charge in [-0.2, -0.15) is 0 Å². The molecular formula is C23H26Cl2N2O10. The summed E-state index contributed by atoms with van der Waals surface area (Å²) in [5.74, 6) is 0.0757. The quantitative estimate of drug-likeness (QED) is 0.113. The number of methoxy groups -OCH3 is 3. The first kappa shape index (κ1) is 31.6. The Balaban J connectivity index is 0.000000384. The van der Waals surface area contributed by atoms with E-state index in [1.807, 2.05) is 0 Å². The van der Waals surface area contributed by atoms with E-state index in [1.54, 1.807) is 20.1 Å². The summed E-state index contributed by atoms with van der Waals surface area (Å²) in [7, 11) is 4.29. The van der Waals surface area contributed by atoms with Crippen molar-refractivity contribution in [3.05, 3.63) is 71.7 Å². The number of esters is 1. The highest BCUT2D eigenvalue weighted by atomic mass is 35.5. The van der Waals surface area contributed by atoms with Crippen LogP contribution >= 0.6 is 23.2 Å². The Hall–Kier alpha value is -3.45. The molecule has 0 saturated heterocycles. The molecule has 0 spiro atoms. The summed E-state index contributed by atoms with van der Waals surface area (Å²) in [5.41, 5.74) is 0.451. The largest absolute Gasteiger partial charge is 0.490 e. The van der Waals surface area contributed by atoms with Crippen LogP contribution in [-0.2, 0) is 19.0 Å². The molecule has 2 aromatic carbocycles. The van der Waals surface area contributed by atoms with E-state index < -0.39 is 15.8 Å². The molecule has 0 amide bonds. The van der Waals surface area contributed by atoms with Gasteiger partial charge in [0, 0.05) is 38.0 Å². The summed E-state index contributed by atoms with van der Waals surface area (Å²) in [5, 5.41) is 22.0. The Morgan fingerprint density at radius 3 is 1.78 bits per heavy atom. The summed E-state index contributed by atoms with van der Waals surface area (Å²) >= 11 is 11.8. The van der Waals surface area contributed by atoms with Gasteiger partial charge in [-0.25, -0.2) is 4.79 Å². The lowest BCUT2D eigenvalue weighted by Gasteiger charge is -2.09. The fourth-order valence-corrected chi connectivity index (χ4v) is 3.03. The van der Waals surface area contributed by atoms with Gasteiger partial charge in [-0.15, -0.1) is 0 Å². The standard InChI is InChI=1S/C13H14ClNO6.C10H12ClNO4/c1-19-5-6-21-12-7-9(3-4-13(16)20-2)11(15(17)18)8-10(12)14;1-7-5-10(16-4-3-15-2)8(11)6-9(7)12(13)14/h3-4,7-8H,5-6H2,1-2H3;5-6H,3-4H2,1-2H3/b4-3+;. The van der Waals surface area contributed by atoms with Crippen LogP contribution in [0.4, 0.5) is 11.4 Å². The Labute approximate surface area is 222 Å². The van der Waals surface area contributed by atoms with Crippen LogP contribution in [0.15, 0.2) is 30.3 Å². The fourth-order valence-electron chi connectivity index (χ4n) is 2.61. The normalized spacial score (nSPS) is 10.4. The number of hydrogen-bond donors (Lipinski definition) is 0. The number of carbonyl (C=O) groups is 1. The van der Waals surface area contributed by atoms with Crippen molar-refractivity contribution >= 4 is 46.6 Å². The van der Waals surface area contributed by atoms with Gasteiger partial charge in [0.25, 0.3) is 11.4 Å². The molecular weight excluding hydrogens is 535 g/mol. The Bertz CT molecular complexity index is 1130. The molecule has 0 bridgehead atoms. The van der Waals surface area contributed by atoms with Crippen molar-refractivity contribution in [3.63, 3.8) is 0 Å². The van der Waals surface area contributed by atoms with Crippen molar-refractivity contribution in [3.8, 4) is 11.5 Å². The van der Waals surface area contributed by atoms with E-state index in [9.17, 15) is 25.0 Å². The van der Waals surface area contributed by atoms with Gasteiger partial charge in [0.1, 0.15) is 24.7 Å². The first-order chi connectivity index (χ1) is 17.5. The molecule has 0 aliphatic rings. The van der Waals surface area contributed by atoms with Gasteiger partial charge in [0.05, 0.1) is 45.8 Å². The molecule has 0 aliphatic heterocycles. The summed E-state index contributed by atoms with van der Waals surface area (Å²) in [6.45, 7) is 3.02. The molecule has 0 saturated carbocycles. The number of benzene rings is 2. The minimum atomic E-state index is -0.624. The van der Waals surface area contributed by atoms with Crippen LogP contribution in [0.5, 0.6) is 11.5 Å². The zero-order valence-corrected chi connectivity index (χ0v) is 22.0. The van der Waals surface area contributed by atoms with Crippen molar-refractivity contribution in [1.29, 1.82) is 0 Å². The van der Waals surface area contributed by atoms with Crippen molar-refractivity contribution < 1.29 is 38.3 Å². The lowest BCUT2D eigenvalue weighted by Crippen LogP contribution is -2.05. The number of nitrogens with zero attached hydrogens (tertiary/aromatic N) is 2. The second-order valence-corrected chi connectivity index (χ2v) is 7.78. The number of nitro benzene ring substituents is 2. The Kier molecular flexibility index (Phi) is 13.9. The van der Waals surface area contributed by atoms with Crippen molar-refractivity contribution in [2.75, 3.05) is 47.8 Å². The minimum Gasteiger partial charge on any atom is -0.490 e. The number of halogens is 2. The predicted octanol–water partition coefficient (Wildman–Crippen LogP) is 5.04. The first-order valence-corrected chi connectivity index (χ1v) is 11.2. The van der Waals surface area contributed by atoms with Crippen LogP contribution < -0.4 is 9.47 Å². The van der Waals surface area contributed by atoms with E-state index in [0.29, 0.717) is 31.1 Å². The van der Waals surface area contributed by atoms with Crippen molar-refractivity contribution in [2.24, 2.45) is 0 Å². The van der Waals surface area contributed by atoms with Crippen LogP contribution in [0, 0.1) is 27.2 Å². The Morgan fingerprint density at radius 2 is 1.32 bits per heavy atom. The smallest absolute Gasteiger partial charge is 0.330 e. The zero-order valence-electron chi connectivity index (χ0n) is 20.5. The number of nitro groups is 2. The van der Waals surface area contributed by atoms with E-state index in [-0.39, 0.29) is 39.3 Å². The van der Waals surface area contributed by atoms with Crippen molar-refractivity contribution in [2.45, 2.75) is 6.92 Å². The number of rotatable bonds is 12. The maximum absolute atomic E-state index is 11.1. The third-order valence-corrected chi connectivity index (χ3v) is 5.01. The second kappa shape index (κ2) is 16.3. The summed E-state index contributed by atoms with van der Waals surface area (Å²) in [6.07, 6.45) is 2.35. The third-order valence-electron chi connectivity index (χ3n) is 4.42. The molecule has 0 aliphatic carbocycles. The molecule has 2 aromatic rings. The monoisotopic (exact) mass is 560 g/mol. The highest BCUT2D eigenvalue weighted by Crippen LogP contribution is 2.34. The van der Waals surface area contributed by atoms with E-state index in [1.165, 1.54) is 38.5 Å². The molecule has 2 rings (SSSR count).